The smallest absolute Gasteiger partial charge is 0.433 e. The van der Waals surface area contributed by atoms with Crippen LogP contribution in [0.2, 0.25) is 0 Å². The molecule has 5 rings (SSSR count). The topological polar surface area (TPSA) is 178 Å². The van der Waals surface area contributed by atoms with Crippen LogP contribution in [-0.4, -0.2) is 40.5 Å². The quantitative estimate of drug-likeness (QED) is 0.0408. The second-order valence-corrected chi connectivity index (χ2v) is 11.9. The number of nitro benzene ring substituents is 2. The number of nitro groups is 2. The van der Waals surface area contributed by atoms with Gasteiger partial charge in [0, 0.05) is 35.1 Å². The zero-order valence-corrected chi connectivity index (χ0v) is 28.1. The SMILES string of the molecule is CC(COC(=O)Oc1ccc(C(O)(c2ccccc2)c2ccc(OC(=O)OCC(C)c3ccccc3[N+](=O)[O-])cc2)cc1)c1ccccc1[N+](=O)[O-]. The lowest BCUT2D eigenvalue weighted by Gasteiger charge is -2.30. The summed E-state index contributed by atoms with van der Waals surface area (Å²) < 4.78 is 21.1. The van der Waals surface area contributed by atoms with Crippen LogP contribution in [0.3, 0.4) is 0 Å². The van der Waals surface area contributed by atoms with E-state index in [1.807, 2.05) is 6.07 Å². The van der Waals surface area contributed by atoms with E-state index in [-0.39, 0.29) is 36.1 Å². The van der Waals surface area contributed by atoms with Gasteiger partial charge in [-0.15, -0.1) is 0 Å². The Morgan fingerprint density at radius 3 is 1.31 bits per heavy atom. The fraction of sp³-hybridized carbons (Fsp3) is 0.179. The number of hydrogen-bond acceptors (Lipinski definition) is 11. The van der Waals surface area contributed by atoms with Crippen LogP contribution in [0, 0.1) is 20.2 Å². The molecule has 0 aromatic heterocycles. The van der Waals surface area contributed by atoms with Crippen LogP contribution in [0.4, 0.5) is 21.0 Å². The Labute approximate surface area is 298 Å². The lowest BCUT2D eigenvalue weighted by molar-refractivity contribution is -0.385. The van der Waals surface area contributed by atoms with Gasteiger partial charge in [0.1, 0.15) is 30.3 Å². The van der Waals surface area contributed by atoms with Gasteiger partial charge in [-0.25, -0.2) is 9.59 Å². The maximum absolute atomic E-state index is 12.5. The Morgan fingerprint density at radius 2 is 0.923 bits per heavy atom. The fourth-order valence-corrected chi connectivity index (χ4v) is 5.67. The summed E-state index contributed by atoms with van der Waals surface area (Å²) in [4.78, 5) is 46.7. The third-order valence-corrected chi connectivity index (χ3v) is 8.37. The minimum absolute atomic E-state index is 0.0704. The van der Waals surface area contributed by atoms with Gasteiger partial charge in [0.25, 0.3) is 11.4 Å². The summed E-state index contributed by atoms with van der Waals surface area (Å²) in [5.74, 6) is -0.648. The lowest BCUT2D eigenvalue weighted by Crippen LogP contribution is -2.28. The fourth-order valence-electron chi connectivity index (χ4n) is 5.67. The van der Waals surface area contributed by atoms with Crippen LogP contribution < -0.4 is 9.47 Å². The van der Waals surface area contributed by atoms with Gasteiger partial charge in [0.2, 0.25) is 0 Å². The highest BCUT2D eigenvalue weighted by Gasteiger charge is 2.34. The third-order valence-electron chi connectivity index (χ3n) is 8.37. The number of carbonyl (C=O) groups is 2. The van der Waals surface area contributed by atoms with Crippen LogP contribution in [0.5, 0.6) is 11.5 Å². The van der Waals surface area contributed by atoms with Gasteiger partial charge in [-0.3, -0.25) is 20.2 Å². The summed E-state index contributed by atoms with van der Waals surface area (Å²) in [6.45, 7) is 3.10. The number of benzene rings is 5. The first kappa shape index (κ1) is 36.7. The van der Waals surface area contributed by atoms with Crippen molar-refractivity contribution >= 4 is 23.7 Å². The number of rotatable bonds is 13. The van der Waals surface area contributed by atoms with Gasteiger partial charge >= 0.3 is 12.3 Å². The number of para-hydroxylation sites is 2. The predicted octanol–water partition coefficient (Wildman–Crippen LogP) is 8.43. The Morgan fingerprint density at radius 1 is 0.577 bits per heavy atom. The molecular formula is C39H34N2O11. The molecule has 0 heterocycles. The first-order valence-corrected chi connectivity index (χ1v) is 16.1. The van der Waals surface area contributed by atoms with E-state index in [9.17, 15) is 34.9 Å². The van der Waals surface area contributed by atoms with Gasteiger partial charge in [0.05, 0.1) is 9.85 Å². The lowest BCUT2D eigenvalue weighted by atomic mass is 9.80. The van der Waals surface area contributed by atoms with E-state index in [1.165, 1.54) is 36.4 Å². The Kier molecular flexibility index (Phi) is 11.6. The maximum atomic E-state index is 12.5. The minimum Gasteiger partial charge on any atom is -0.433 e. The summed E-state index contributed by atoms with van der Waals surface area (Å²) in [6.07, 6.45) is -2.00. The van der Waals surface area contributed by atoms with Crippen molar-refractivity contribution in [3.63, 3.8) is 0 Å². The molecule has 0 spiro atoms. The first-order chi connectivity index (χ1) is 25.0. The monoisotopic (exact) mass is 706 g/mol. The minimum atomic E-state index is -1.68. The standard InChI is InChI=1S/C39H34N2O11/c1-26(33-12-6-8-14-35(33)40(45)46)24-49-37(42)51-31-20-16-29(17-21-31)39(44,28-10-4-3-5-11-28)30-18-22-32(23-19-30)52-38(43)50-25-27(2)34-13-7-9-15-36(34)41(47)48/h3-23,26-27,44H,24-25H2,1-2H3. The van der Waals surface area contributed by atoms with Gasteiger partial charge < -0.3 is 24.1 Å². The highest BCUT2D eigenvalue weighted by Crippen LogP contribution is 2.38. The van der Waals surface area contributed by atoms with Crippen LogP contribution in [0.1, 0.15) is 53.5 Å². The molecule has 0 radical (unpaired) electrons. The molecule has 5 aromatic carbocycles. The van der Waals surface area contributed by atoms with Gasteiger partial charge in [-0.2, -0.15) is 0 Å². The van der Waals surface area contributed by atoms with Crippen molar-refractivity contribution in [1.29, 1.82) is 0 Å². The van der Waals surface area contributed by atoms with Crippen LogP contribution >= 0.6 is 0 Å². The first-order valence-electron chi connectivity index (χ1n) is 16.1. The largest absolute Gasteiger partial charge is 0.513 e. The van der Waals surface area contributed by atoms with Crippen molar-refractivity contribution in [2.24, 2.45) is 0 Å². The molecule has 0 fully saturated rings. The molecule has 0 aliphatic carbocycles. The van der Waals surface area contributed by atoms with Gasteiger partial charge in [-0.1, -0.05) is 105 Å². The van der Waals surface area contributed by atoms with Gasteiger partial charge in [0.15, 0.2) is 0 Å². The molecule has 0 bridgehead atoms. The zero-order valence-electron chi connectivity index (χ0n) is 28.1. The molecule has 5 aromatic rings. The van der Waals surface area contributed by atoms with E-state index in [4.69, 9.17) is 18.9 Å². The number of carbonyl (C=O) groups excluding carboxylic acids is 2. The number of aliphatic hydroxyl groups is 1. The van der Waals surface area contributed by atoms with Crippen molar-refractivity contribution in [1.82, 2.24) is 0 Å². The van der Waals surface area contributed by atoms with Crippen LogP contribution in [-0.2, 0) is 15.1 Å². The average molecular weight is 707 g/mol. The van der Waals surface area contributed by atoms with Crippen molar-refractivity contribution < 1.29 is 43.5 Å². The maximum Gasteiger partial charge on any atom is 0.513 e. The average Bonchev–Trinajstić information content (AvgIpc) is 3.16. The molecule has 1 N–H and O–H groups in total. The molecule has 0 amide bonds. The normalized spacial score (nSPS) is 13.1. The van der Waals surface area contributed by atoms with E-state index in [2.05, 4.69) is 0 Å². The molecule has 2 atom stereocenters. The third kappa shape index (κ3) is 8.57. The summed E-state index contributed by atoms with van der Waals surface area (Å²) in [5, 5.41) is 35.0. The number of hydrogen-bond donors (Lipinski definition) is 1. The molecule has 13 heteroatoms. The summed E-state index contributed by atoms with van der Waals surface area (Å²) in [7, 11) is 0. The molecule has 266 valence electrons. The summed E-state index contributed by atoms with van der Waals surface area (Å²) >= 11 is 0. The van der Waals surface area contributed by atoms with Crippen molar-refractivity contribution in [2.45, 2.75) is 31.3 Å². The second-order valence-electron chi connectivity index (χ2n) is 11.9. The van der Waals surface area contributed by atoms with E-state index >= 15 is 0 Å². The molecule has 0 aliphatic heterocycles. The zero-order chi connectivity index (χ0) is 37.3. The summed E-state index contributed by atoms with van der Waals surface area (Å²) in [6, 6.07) is 33.6. The van der Waals surface area contributed by atoms with Crippen LogP contribution in [0.25, 0.3) is 0 Å². The van der Waals surface area contributed by atoms with Crippen LogP contribution in [0.15, 0.2) is 127 Å². The highest BCUT2D eigenvalue weighted by molar-refractivity contribution is 5.65. The summed E-state index contributed by atoms with van der Waals surface area (Å²) in [5.41, 5.74) is 0.421. The van der Waals surface area contributed by atoms with E-state index in [1.54, 1.807) is 98.8 Å². The molecule has 52 heavy (non-hydrogen) atoms. The van der Waals surface area contributed by atoms with Gasteiger partial charge in [-0.05, 0) is 41.0 Å². The van der Waals surface area contributed by atoms with E-state index < -0.39 is 39.6 Å². The molecule has 0 saturated carbocycles. The predicted molar refractivity (Wildman–Crippen MR) is 188 cm³/mol. The van der Waals surface area contributed by atoms with E-state index in [0.717, 1.165) is 0 Å². The number of ether oxygens (including phenoxy) is 4. The molecule has 2 unspecified atom stereocenters. The molecule has 13 nitrogen and oxygen atoms in total. The highest BCUT2D eigenvalue weighted by atomic mass is 16.7. The van der Waals surface area contributed by atoms with Crippen molar-refractivity contribution in [3.05, 3.63) is 175 Å². The number of nitrogens with zero attached hydrogens (tertiary/aromatic N) is 2. The van der Waals surface area contributed by atoms with Crippen molar-refractivity contribution in [2.75, 3.05) is 13.2 Å². The Hall–Kier alpha value is -6.60. The molecule has 0 aliphatic rings. The van der Waals surface area contributed by atoms with E-state index in [0.29, 0.717) is 27.8 Å². The molecule has 0 saturated heterocycles. The van der Waals surface area contributed by atoms with Crippen molar-refractivity contribution in [3.8, 4) is 11.5 Å². The Bertz CT molecular complexity index is 1910. The molecular weight excluding hydrogens is 672 g/mol. The Balaban J connectivity index is 1.24. The second kappa shape index (κ2) is 16.4.